The third kappa shape index (κ3) is 4.58. The molecular formula is C28H22BrN3O7S. The number of rotatable bonds is 6. The number of phenolic OH excluding ortho intramolecular Hbond substituents is 1. The molecular weight excluding hydrogens is 602 g/mol. The summed E-state index contributed by atoms with van der Waals surface area (Å²) in [6.45, 7) is 3.50. The molecule has 1 aliphatic rings. The zero-order valence-electron chi connectivity index (χ0n) is 21.5. The molecule has 0 radical (unpaired) electrons. The van der Waals surface area contributed by atoms with E-state index in [0.29, 0.717) is 21.8 Å². The second-order valence-electron chi connectivity index (χ2n) is 8.83. The number of nitro groups is 1. The lowest BCUT2D eigenvalue weighted by molar-refractivity contribution is -0.385. The topological polar surface area (TPSA) is 133 Å². The number of nitro benzene ring substituents is 1. The first-order chi connectivity index (χ1) is 19.2. The van der Waals surface area contributed by atoms with Crippen LogP contribution in [-0.4, -0.2) is 34.3 Å². The summed E-state index contributed by atoms with van der Waals surface area (Å²) >= 11 is 4.17. The Balaban J connectivity index is 1.85. The monoisotopic (exact) mass is 623 g/mol. The molecule has 0 aliphatic carbocycles. The number of hydrogen-bond acceptors (Lipinski definition) is 9. The number of esters is 1. The summed E-state index contributed by atoms with van der Waals surface area (Å²) in [4.78, 5) is 43.0. The largest absolute Gasteiger partial charge is 0.506 e. The Kier molecular flexibility index (Phi) is 7.30. The van der Waals surface area contributed by atoms with Crippen LogP contribution in [0.2, 0.25) is 0 Å². The van der Waals surface area contributed by atoms with E-state index in [2.05, 4.69) is 20.9 Å². The quantitative estimate of drug-likeness (QED) is 0.192. The van der Waals surface area contributed by atoms with Crippen molar-refractivity contribution in [1.29, 1.82) is 0 Å². The van der Waals surface area contributed by atoms with E-state index in [4.69, 9.17) is 9.47 Å². The van der Waals surface area contributed by atoms with E-state index in [1.54, 1.807) is 19.9 Å². The predicted molar refractivity (Wildman–Crippen MR) is 153 cm³/mol. The number of ether oxygens (including phenoxy) is 2. The van der Waals surface area contributed by atoms with Crippen molar-refractivity contribution in [1.82, 2.24) is 4.57 Å². The third-order valence-electron chi connectivity index (χ3n) is 6.52. The standard InChI is InChI=1S/C28H22BrN3O7S/c1-4-39-27(35)22-14(2)30-28-31(24(22)23-18-8-6-5-7-15(18)9-10-20(23)38-3)26(34)21(40-28)12-16-11-17(32(36)37)13-19(29)25(16)33/h5-13,24,33H,4H2,1-3H3/b21-12-/t24-/m0/s1. The lowest BCUT2D eigenvalue weighted by Gasteiger charge is -2.27. The third-order valence-corrected chi connectivity index (χ3v) is 8.10. The second kappa shape index (κ2) is 10.7. The minimum Gasteiger partial charge on any atom is -0.506 e. The number of allylic oxidation sites excluding steroid dienone is 1. The van der Waals surface area contributed by atoms with E-state index in [-0.39, 0.29) is 38.2 Å². The Hall–Kier alpha value is -4.29. The van der Waals surface area contributed by atoms with Crippen LogP contribution >= 0.6 is 27.3 Å². The summed E-state index contributed by atoms with van der Waals surface area (Å²) in [5.41, 5.74) is 0.477. The molecule has 0 spiro atoms. The van der Waals surface area contributed by atoms with Crippen molar-refractivity contribution in [2.45, 2.75) is 19.9 Å². The number of carbonyl (C=O) groups is 1. The summed E-state index contributed by atoms with van der Waals surface area (Å²) in [6.07, 6.45) is 1.37. The van der Waals surface area contributed by atoms with Gasteiger partial charge in [0.25, 0.3) is 11.2 Å². The van der Waals surface area contributed by atoms with Crippen LogP contribution in [0.3, 0.4) is 0 Å². The van der Waals surface area contributed by atoms with Gasteiger partial charge in [0.1, 0.15) is 17.5 Å². The molecule has 0 amide bonds. The van der Waals surface area contributed by atoms with Gasteiger partial charge in [-0.1, -0.05) is 41.7 Å². The summed E-state index contributed by atoms with van der Waals surface area (Å²) in [7, 11) is 1.51. The molecule has 204 valence electrons. The number of aromatic hydroxyl groups is 1. The molecule has 0 fully saturated rings. The fraction of sp³-hybridized carbons (Fsp3) is 0.179. The molecule has 1 N–H and O–H groups in total. The smallest absolute Gasteiger partial charge is 0.338 e. The van der Waals surface area contributed by atoms with Crippen molar-refractivity contribution in [2.75, 3.05) is 13.7 Å². The molecule has 40 heavy (non-hydrogen) atoms. The lowest BCUT2D eigenvalue weighted by atomic mass is 9.90. The highest BCUT2D eigenvalue weighted by Gasteiger charge is 2.36. The molecule has 5 rings (SSSR count). The number of non-ortho nitro benzene ring substituents is 1. The van der Waals surface area contributed by atoms with Crippen LogP contribution in [0.5, 0.6) is 11.5 Å². The molecule has 3 aromatic carbocycles. The van der Waals surface area contributed by atoms with Crippen molar-refractivity contribution in [3.8, 4) is 11.5 Å². The SMILES string of the molecule is CCOC(=O)C1=C(C)N=c2s/c(=C\c3cc([N+](=O)[O-])cc(Br)c3O)c(=O)n2[C@@H]1c1c(OC)ccc2ccccc12. The first-order valence-corrected chi connectivity index (χ1v) is 13.7. The van der Waals surface area contributed by atoms with E-state index < -0.39 is 22.5 Å². The fourth-order valence-electron chi connectivity index (χ4n) is 4.76. The number of carbonyl (C=O) groups excluding carboxylic acids is 1. The molecule has 1 atom stereocenters. The molecule has 0 saturated heterocycles. The Morgan fingerprint density at radius 3 is 2.73 bits per heavy atom. The first kappa shape index (κ1) is 27.3. The zero-order chi connectivity index (χ0) is 28.7. The molecule has 4 aromatic rings. The van der Waals surface area contributed by atoms with Gasteiger partial charge in [-0.05, 0) is 52.7 Å². The number of thiazole rings is 1. The van der Waals surface area contributed by atoms with Gasteiger partial charge in [0.15, 0.2) is 4.80 Å². The van der Waals surface area contributed by atoms with Crippen LogP contribution in [0.15, 0.2) is 74.1 Å². The number of benzene rings is 3. The van der Waals surface area contributed by atoms with Crippen LogP contribution in [0.25, 0.3) is 16.8 Å². The highest BCUT2D eigenvalue weighted by molar-refractivity contribution is 9.10. The fourth-order valence-corrected chi connectivity index (χ4v) is 6.26. The van der Waals surface area contributed by atoms with Gasteiger partial charge in [0, 0.05) is 23.3 Å². The van der Waals surface area contributed by atoms with Gasteiger partial charge in [-0.2, -0.15) is 0 Å². The van der Waals surface area contributed by atoms with Gasteiger partial charge in [0.2, 0.25) is 0 Å². The minimum absolute atomic E-state index is 0.0759. The van der Waals surface area contributed by atoms with E-state index in [1.165, 1.54) is 29.9 Å². The van der Waals surface area contributed by atoms with Crippen LogP contribution in [0, 0.1) is 10.1 Å². The molecule has 1 aliphatic heterocycles. The first-order valence-electron chi connectivity index (χ1n) is 12.1. The van der Waals surface area contributed by atoms with Crippen LogP contribution in [-0.2, 0) is 9.53 Å². The van der Waals surface area contributed by atoms with Gasteiger partial charge in [-0.3, -0.25) is 19.5 Å². The van der Waals surface area contributed by atoms with E-state index in [1.807, 2.05) is 30.3 Å². The molecule has 10 nitrogen and oxygen atoms in total. The van der Waals surface area contributed by atoms with Gasteiger partial charge < -0.3 is 14.6 Å². The number of hydrogen-bond donors (Lipinski definition) is 1. The molecule has 0 bridgehead atoms. The second-order valence-corrected chi connectivity index (χ2v) is 10.7. The number of nitrogens with zero attached hydrogens (tertiary/aromatic N) is 3. The highest BCUT2D eigenvalue weighted by Crippen LogP contribution is 2.40. The average Bonchev–Trinajstić information content (AvgIpc) is 3.23. The number of methoxy groups -OCH3 is 1. The highest BCUT2D eigenvalue weighted by atomic mass is 79.9. The normalized spacial score (nSPS) is 15.1. The summed E-state index contributed by atoms with van der Waals surface area (Å²) in [6, 6.07) is 12.7. The van der Waals surface area contributed by atoms with Gasteiger partial charge in [0.05, 0.1) is 38.9 Å². The number of fused-ring (bicyclic) bond motifs is 2. The number of halogens is 1. The maximum Gasteiger partial charge on any atom is 0.338 e. The van der Waals surface area contributed by atoms with Gasteiger partial charge in [-0.15, -0.1) is 0 Å². The van der Waals surface area contributed by atoms with E-state index in [9.17, 15) is 24.8 Å². The predicted octanol–water partition coefficient (Wildman–Crippen LogP) is 4.34. The molecule has 2 heterocycles. The summed E-state index contributed by atoms with van der Waals surface area (Å²) in [5, 5.41) is 23.6. The van der Waals surface area contributed by atoms with Gasteiger partial charge in [-0.25, -0.2) is 9.79 Å². The summed E-state index contributed by atoms with van der Waals surface area (Å²) in [5.74, 6) is -0.402. The number of aromatic nitrogens is 1. The Morgan fingerprint density at radius 2 is 2.02 bits per heavy atom. The zero-order valence-corrected chi connectivity index (χ0v) is 23.9. The number of phenols is 1. The van der Waals surface area contributed by atoms with Crippen LogP contribution in [0.1, 0.15) is 31.0 Å². The maximum absolute atomic E-state index is 14.0. The molecule has 1 aromatic heterocycles. The van der Waals surface area contributed by atoms with Crippen molar-refractivity contribution in [3.63, 3.8) is 0 Å². The lowest BCUT2D eigenvalue weighted by Crippen LogP contribution is -2.40. The molecule has 0 saturated carbocycles. The van der Waals surface area contributed by atoms with E-state index in [0.717, 1.165) is 22.1 Å². The Bertz CT molecular complexity index is 1930. The maximum atomic E-state index is 14.0. The average molecular weight is 624 g/mol. The van der Waals surface area contributed by atoms with Crippen LogP contribution < -0.4 is 19.6 Å². The molecule has 12 heteroatoms. The summed E-state index contributed by atoms with van der Waals surface area (Å²) < 4.78 is 12.8. The molecule has 0 unspecified atom stereocenters. The Labute approximate surface area is 239 Å². The van der Waals surface area contributed by atoms with Crippen molar-refractivity contribution in [2.24, 2.45) is 4.99 Å². The Morgan fingerprint density at radius 1 is 1.27 bits per heavy atom. The van der Waals surface area contributed by atoms with Gasteiger partial charge >= 0.3 is 5.97 Å². The van der Waals surface area contributed by atoms with E-state index >= 15 is 0 Å². The van der Waals surface area contributed by atoms with Crippen molar-refractivity contribution < 1.29 is 24.3 Å². The minimum atomic E-state index is -0.941. The van der Waals surface area contributed by atoms with Crippen molar-refractivity contribution >= 4 is 55.8 Å². The van der Waals surface area contributed by atoms with Crippen molar-refractivity contribution in [3.05, 3.63) is 105 Å². The van der Waals surface area contributed by atoms with Crippen LogP contribution in [0.4, 0.5) is 5.69 Å².